The van der Waals surface area contributed by atoms with Crippen LogP contribution in [0.4, 0.5) is 0 Å². The number of aromatic amines is 1. The Morgan fingerprint density at radius 2 is 1.78 bits per heavy atom. The zero-order chi connectivity index (χ0) is 12.4. The first kappa shape index (κ1) is 12.0. The maximum absolute atomic E-state index is 6.01. The molecule has 0 atom stereocenters. The Balaban J connectivity index is 1.87. The lowest BCUT2D eigenvalue weighted by Gasteiger charge is -2.17. The van der Waals surface area contributed by atoms with Gasteiger partial charge in [-0.1, -0.05) is 43.7 Å². The number of rotatable bonds is 1. The van der Waals surface area contributed by atoms with Crippen LogP contribution in [0.1, 0.15) is 56.7 Å². The first-order valence-corrected chi connectivity index (χ1v) is 7.36. The molecule has 3 heteroatoms. The first-order chi connectivity index (χ1) is 8.83. The number of hydrogen-bond acceptors (Lipinski definition) is 1. The van der Waals surface area contributed by atoms with Gasteiger partial charge in [-0.05, 0) is 31.0 Å². The molecule has 0 saturated heterocycles. The van der Waals surface area contributed by atoms with Crippen molar-refractivity contribution in [2.45, 2.75) is 50.9 Å². The van der Waals surface area contributed by atoms with Crippen LogP contribution < -0.4 is 0 Å². The number of imidazole rings is 1. The second-order valence-corrected chi connectivity index (χ2v) is 5.76. The van der Waals surface area contributed by atoms with Crippen molar-refractivity contribution in [2.75, 3.05) is 0 Å². The van der Waals surface area contributed by atoms with Crippen LogP contribution in [-0.2, 0) is 0 Å². The molecule has 1 heterocycles. The second-order valence-electron chi connectivity index (χ2n) is 5.33. The highest BCUT2D eigenvalue weighted by Gasteiger charge is 2.17. The maximum Gasteiger partial charge on any atom is 0.110 e. The first-order valence-electron chi connectivity index (χ1n) is 6.98. The van der Waals surface area contributed by atoms with E-state index in [1.165, 1.54) is 44.9 Å². The summed E-state index contributed by atoms with van der Waals surface area (Å²) < 4.78 is 0. The van der Waals surface area contributed by atoms with E-state index in [-0.39, 0.29) is 0 Å². The van der Waals surface area contributed by atoms with Gasteiger partial charge in [-0.2, -0.15) is 0 Å². The average molecular weight is 263 g/mol. The van der Waals surface area contributed by atoms with Gasteiger partial charge in [0.15, 0.2) is 0 Å². The normalized spacial score (nSPS) is 18.7. The quantitative estimate of drug-likeness (QED) is 0.766. The van der Waals surface area contributed by atoms with E-state index in [4.69, 9.17) is 16.6 Å². The fourth-order valence-corrected chi connectivity index (χ4v) is 3.10. The van der Waals surface area contributed by atoms with Gasteiger partial charge in [0.25, 0.3) is 0 Å². The maximum atomic E-state index is 6.01. The summed E-state index contributed by atoms with van der Waals surface area (Å²) in [5.74, 6) is 1.77. The molecule has 0 unspecified atom stereocenters. The lowest BCUT2D eigenvalue weighted by atomic mass is 9.91. The minimum absolute atomic E-state index is 0.608. The van der Waals surface area contributed by atoms with E-state index in [0.29, 0.717) is 5.92 Å². The Kier molecular flexibility index (Phi) is 3.55. The molecule has 1 saturated carbocycles. The Morgan fingerprint density at radius 3 is 2.56 bits per heavy atom. The van der Waals surface area contributed by atoms with Gasteiger partial charge in [-0.25, -0.2) is 4.98 Å². The number of aromatic nitrogens is 2. The van der Waals surface area contributed by atoms with Crippen molar-refractivity contribution in [1.82, 2.24) is 9.97 Å². The number of halogens is 1. The van der Waals surface area contributed by atoms with E-state index >= 15 is 0 Å². The number of benzene rings is 1. The van der Waals surface area contributed by atoms with E-state index in [9.17, 15) is 0 Å². The summed E-state index contributed by atoms with van der Waals surface area (Å²) in [5.41, 5.74) is 2.11. The van der Waals surface area contributed by atoms with Crippen molar-refractivity contribution in [3.63, 3.8) is 0 Å². The third-order valence-electron chi connectivity index (χ3n) is 3.95. The predicted molar refractivity (Wildman–Crippen MR) is 76.2 cm³/mol. The van der Waals surface area contributed by atoms with Crippen molar-refractivity contribution in [2.24, 2.45) is 0 Å². The van der Waals surface area contributed by atoms with Crippen LogP contribution >= 0.6 is 11.6 Å². The topological polar surface area (TPSA) is 28.7 Å². The van der Waals surface area contributed by atoms with Crippen LogP contribution in [0.3, 0.4) is 0 Å². The Hall–Kier alpha value is -1.02. The lowest BCUT2D eigenvalue weighted by Crippen LogP contribution is -2.04. The summed E-state index contributed by atoms with van der Waals surface area (Å²) in [7, 11) is 0. The highest BCUT2D eigenvalue weighted by Crippen LogP contribution is 2.30. The third kappa shape index (κ3) is 2.54. The van der Waals surface area contributed by atoms with Crippen LogP contribution in [-0.4, -0.2) is 9.97 Å². The van der Waals surface area contributed by atoms with E-state index in [1.54, 1.807) is 0 Å². The molecule has 1 aliphatic rings. The summed E-state index contributed by atoms with van der Waals surface area (Å²) in [4.78, 5) is 8.19. The number of fused-ring (bicyclic) bond motifs is 1. The summed E-state index contributed by atoms with van der Waals surface area (Å²) >= 11 is 6.01. The van der Waals surface area contributed by atoms with Crippen LogP contribution in [0.25, 0.3) is 11.0 Å². The number of hydrogen-bond donors (Lipinski definition) is 1. The van der Waals surface area contributed by atoms with Gasteiger partial charge < -0.3 is 4.98 Å². The number of nitrogens with one attached hydrogen (secondary N) is 1. The average Bonchev–Trinajstić information content (AvgIpc) is 2.71. The molecule has 1 fully saturated rings. The van der Waals surface area contributed by atoms with Gasteiger partial charge in [0.2, 0.25) is 0 Å². The van der Waals surface area contributed by atoms with Crippen molar-refractivity contribution in [3.05, 3.63) is 29.0 Å². The molecule has 2 nitrogen and oxygen atoms in total. The smallest absolute Gasteiger partial charge is 0.110 e. The van der Waals surface area contributed by atoms with Crippen molar-refractivity contribution < 1.29 is 0 Å². The molecule has 0 radical (unpaired) electrons. The molecule has 1 aromatic heterocycles. The van der Waals surface area contributed by atoms with Crippen LogP contribution in [0.15, 0.2) is 18.2 Å². The molecule has 1 N–H and O–H groups in total. The Bertz CT molecular complexity index is 524. The van der Waals surface area contributed by atoms with Gasteiger partial charge in [0.05, 0.1) is 11.0 Å². The van der Waals surface area contributed by atoms with E-state index in [0.717, 1.165) is 21.9 Å². The van der Waals surface area contributed by atoms with Crippen LogP contribution in [0, 0.1) is 0 Å². The molecule has 1 aliphatic carbocycles. The monoisotopic (exact) mass is 262 g/mol. The Labute approximate surface area is 113 Å². The molecule has 96 valence electrons. The highest BCUT2D eigenvalue weighted by atomic mass is 35.5. The molecule has 3 rings (SSSR count). The summed E-state index contributed by atoms with van der Waals surface area (Å²) in [6, 6.07) is 5.88. The van der Waals surface area contributed by atoms with E-state index < -0.39 is 0 Å². The molecular formula is C15H19ClN2. The molecule has 1 aromatic carbocycles. The third-order valence-corrected chi connectivity index (χ3v) is 4.19. The minimum Gasteiger partial charge on any atom is -0.342 e. The molecule has 0 amide bonds. The van der Waals surface area contributed by atoms with Gasteiger partial charge in [-0.3, -0.25) is 0 Å². The largest absolute Gasteiger partial charge is 0.342 e. The molecule has 0 aliphatic heterocycles. The number of H-pyrrole nitrogens is 1. The molecule has 2 aromatic rings. The van der Waals surface area contributed by atoms with Gasteiger partial charge >= 0.3 is 0 Å². The van der Waals surface area contributed by atoms with Gasteiger partial charge in [-0.15, -0.1) is 0 Å². The zero-order valence-electron chi connectivity index (χ0n) is 10.6. The van der Waals surface area contributed by atoms with Crippen molar-refractivity contribution >= 4 is 22.6 Å². The van der Waals surface area contributed by atoms with Crippen LogP contribution in [0.2, 0.25) is 5.02 Å². The fraction of sp³-hybridized carbons (Fsp3) is 0.533. The van der Waals surface area contributed by atoms with Crippen molar-refractivity contribution in [1.29, 1.82) is 0 Å². The molecular weight excluding hydrogens is 244 g/mol. The zero-order valence-corrected chi connectivity index (χ0v) is 11.3. The van der Waals surface area contributed by atoms with E-state index in [2.05, 4.69) is 4.98 Å². The number of nitrogens with zero attached hydrogens (tertiary/aromatic N) is 1. The molecule has 18 heavy (non-hydrogen) atoms. The fourth-order valence-electron chi connectivity index (χ4n) is 2.92. The van der Waals surface area contributed by atoms with Gasteiger partial charge in [0, 0.05) is 10.9 Å². The van der Waals surface area contributed by atoms with Crippen LogP contribution in [0.5, 0.6) is 0 Å². The second kappa shape index (κ2) is 5.31. The molecule has 0 bridgehead atoms. The highest BCUT2D eigenvalue weighted by molar-refractivity contribution is 6.31. The summed E-state index contributed by atoms with van der Waals surface area (Å²) in [5, 5.41) is 0.773. The predicted octanol–water partition coefficient (Wildman–Crippen LogP) is 5.04. The van der Waals surface area contributed by atoms with Crippen molar-refractivity contribution in [3.8, 4) is 0 Å². The summed E-state index contributed by atoms with van der Waals surface area (Å²) in [6.45, 7) is 0. The SMILES string of the molecule is Clc1ccc2nc(C3CCCCCCC3)[nH]c2c1. The van der Waals surface area contributed by atoms with Gasteiger partial charge in [0.1, 0.15) is 5.82 Å². The minimum atomic E-state index is 0.608. The standard InChI is InChI=1S/C15H19ClN2/c16-12-8-9-13-14(10-12)18-15(17-13)11-6-4-2-1-3-5-7-11/h8-11H,1-7H2,(H,17,18). The summed E-state index contributed by atoms with van der Waals surface area (Å²) in [6.07, 6.45) is 9.37. The van der Waals surface area contributed by atoms with E-state index in [1.807, 2.05) is 18.2 Å². The lowest BCUT2D eigenvalue weighted by molar-refractivity contribution is 0.445. The Morgan fingerprint density at radius 1 is 1.06 bits per heavy atom. The molecule has 0 spiro atoms.